The van der Waals surface area contributed by atoms with Crippen molar-refractivity contribution in [3.63, 3.8) is 0 Å². The molecule has 0 aromatic heterocycles. The SMILES string of the molecule is Nc1ccc2c(c1)OC(c1ccc(F)cc1)CN2. The van der Waals surface area contributed by atoms with E-state index in [1.54, 1.807) is 18.2 Å². The molecule has 4 heteroatoms. The minimum absolute atomic E-state index is 0.125. The number of halogens is 1. The lowest BCUT2D eigenvalue weighted by atomic mass is 10.1. The Hall–Kier alpha value is -2.23. The summed E-state index contributed by atoms with van der Waals surface area (Å²) in [5.41, 5.74) is 8.27. The number of anilines is 2. The van der Waals surface area contributed by atoms with Gasteiger partial charge in [-0.2, -0.15) is 0 Å². The lowest BCUT2D eigenvalue weighted by molar-refractivity contribution is 0.210. The highest BCUT2D eigenvalue weighted by atomic mass is 19.1. The van der Waals surface area contributed by atoms with E-state index in [9.17, 15) is 4.39 Å². The molecule has 18 heavy (non-hydrogen) atoms. The first kappa shape index (κ1) is 10.9. The molecule has 0 radical (unpaired) electrons. The van der Waals surface area contributed by atoms with Gasteiger partial charge in [0.05, 0.1) is 12.2 Å². The normalized spacial score (nSPS) is 17.5. The number of ether oxygens (including phenoxy) is 1. The van der Waals surface area contributed by atoms with Crippen LogP contribution >= 0.6 is 0 Å². The van der Waals surface area contributed by atoms with E-state index < -0.39 is 0 Å². The van der Waals surface area contributed by atoms with Crippen LogP contribution in [-0.2, 0) is 0 Å². The average Bonchev–Trinajstić information content (AvgIpc) is 2.38. The molecular formula is C14H13FN2O. The fraction of sp³-hybridized carbons (Fsp3) is 0.143. The maximum Gasteiger partial charge on any atom is 0.145 e. The van der Waals surface area contributed by atoms with E-state index >= 15 is 0 Å². The van der Waals surface area contributed by atoms with Crippen LogP contribution in [0, 0.1) is 5.82 Å². The lowest BCUT2D eigenvalue weighted by Crippen LogP contribution is -2.23. The van der Waals surface area contributed by atoms with Gasteiger partial charge in [-0.05, 0) is 29.8 Å². The summed E-state index contributed by atoms with van der Waals surface area (Å²) in [5.74, 6) is 0.489. The third kappa shape index (κ3) is 1.97. The summed E-state index contributed by atoms with van der Waals surface area (Å²) >= 11 is 0. The van der Waals surface area contributed by atoms with Crippen molar-refractivity contribution in [3.8, 4) is 5.75 Å². The summed E-state index contributed by atoms with van der Waals surface area (Å²) in [6, 6.07) is 11.9. The lowest BCUT2D eigenvalue weighted by Gasteiger charge is -2.27. The standard InChI is InChI=1S/C14H13FN2O/c15-10-3-1-9(2-4-10)14-8-17-12-6-5-11(16)7-13(12)18-14/h1-7,14,17H,8,16H2. The van der Waals surface area contributed by atoms with Crippen LogP contribution in [0.2, 0.25) is 0 Å². The van der Waals surface area contributed by atoms with Gasteiger partial charge in [-0.15, -0.1) is 0 Å². The second kappa shape index (κ2) is 4.22. The van der Waals surface area contributed by atoms with E-state index in [4.69, 9.17) is 10.5 Å². The monoisotopic (exact) mass is 244 g/mol. The highest BCUT2D eigenvalue weighted by Crippen LogP contribution is 2.35. The van der Waals surface area contributed by atoms with Crippen LogP contribution in [0.15, 0.2) is 42.5 Å². The number of fused-ring (bicyclic) bond motifs is 1. The summed E-state index contributed by atoms with van der Waals surface area (Å²) in [6.45, 7) is 0.655. The molecule has 1 heterocycles. The third-order valence-electron chi connectivity index (χ3n) is 2.99. The number of nitrogen functional groups attached to an aromatic ring is 1. The van der Waals surface area contributed by atoms with Crippen molar-refractivity contribution in [1.29, 1.82) is 0 Å². The number of hydrogen-bond donors (Lipinski definition) is 2. The van der Waals surface area contributed by atoms with Gasteiger partial charge in [0, 0.05) is 11.8 Å². The first-order chi connectivity index (χ1) is 8.72. The van der Waals surface area contributed by atoms with Gasteiger partial charge in [0.25, 0.3) is 0 Å². The molecule has 1 unspecified atom stereocenters. The van der Waals surface area contributed by atoms with Crippen molar-refractivity contribution < 1.29 is 9.13 Å². The Bertz CT molecular complexity index is 569. The summed E-state index contributed by atoms with van der Waals surface area (Å²) in [6.07, 6.45) is -0.125. The van der Waals surface area contributed by atoms with Gasteiger partial charge in [-0.25, -0.2) is 4.39 Å². The quantitative estimate of drug-likeness (QED) is 0.758. The fourth-order valence-electron chi connectivity index (χ4n) is 2.04. The number of benzene rings is 2. The highest BCUT2D eigenvalue weighted by molar-refractivity contribution is 5.63. The van der Waals surface area contributed by atoms with Gasteiger partial charge >= 0.3 is 0 Å². The zero-order chi connectivity index (χ0) is 12.5. The van der Waals surface area contributed by atoms with E-state index in [0.717, 1.165) is 17.0 Å². The van der Waals surface area contributed by atoms with Crippen LogP contribution in [0.5, 0.6) is 5.75 Å². The maximum absolute atomic E-state index is 12.9. The molecule has 3 rings (SSSR count). The van der Waals surface area contributed by atoms with E-state index in [2.05, 4.69) is 5.32 Å². The van der Waals surface area contributed by atoms with Gasteiger partial charge < -0.3 is 15.8 Å². The Morgan fingerprint density at radius 2 is 1.94 bits per heavy atom. The first-order valence-electron chi connectivity index (χ1n) is 5.78. The molecule has 92 valence electrons. The molecule has 0 spiro atoms. The number of nitrogens with one attached hydrogen (secondary N) is 1. The predicted octanol–water partition coefficient (Wildman–Crippen LogP) is 2.95. The Morgan fingerprint density at radius 3 is 2.72 bits per heavy atom. The van der Waals surface area contributed by atoms with Gasteiger partial charge in [0.2, 0.25) is 0 Å². The van der Waals surface area contributed by atoms with Crippen molar-refractivity contribution >= 4 is 11.4 Å². The molecule has 2 aromatic rings. The second-order valence-corrected chi connectivity index (χ2v) is 4.29. The molecule has 2 aromatic carbocycles. The Morgan fingerprint density at radius 1 is 1.17 bits per heavy atom. The van der Waals surface area contributed by atoms with Crippen LogP contribution < -0.4 is 15.8 Å². The van der Waals surface area contributed by atoms with Gasteiger partial charge in [0.15, 0.2) is 0 Å². The first-order valence-corrected chi connectivity index (χ1v) is 5.78. The minimum Gasteiger partial charge on any atom is -0.482 e. The van der Waals surface area contributed by atoms with Crippen molar-refractivity contribution in [2.75, 3.05) is 17.6 Å². The fourth-order valence-corrected chi connectivity index (χ4v) is 2.04. The molecule has 1 aliphatic heterocycles. The summed E-state index contributed by atoms with van der Waals surface area (Å²) < 4.78 is 18.7. The second-order valence-electron chi connectivity index (χ2n) is 4.29. The molecule has 3 nitrogen and oxygen atoms in total. The summed E-state index contributed by atoms with van der Waals surface area (Å²) in [7, 11) is 0. The van der Waals surface area contributed by atoms with Crippen molar-refractivity contribution in [1.82, 2.24) is 0 Å². The third-order valence-corrected chi connectivity index (χ3v) is 2.99. The predicted molar refractivity (Wildman–Crippen MR) is 69.1 cm³/mol. The largest absolute Gasteiger partial charge is 0.482 e. The maximum atomic E-state index is 12.9. The van der Waals surface area contributed by atoms with Crippen LogP contribution in [0.25, 0.3) is 0 Å². The molecule has 0 amide bonds. The van der Waals surface area contributed by atoms with E-state index in [-0.39, 0.29) is 11.9 Å². The van der Waals surface area contributed by atoms with Crippen LogP contribution in [0.1, 0.15) is 11.7 Å². The van der Waals surface area contributed by atoms with Gasteiger partial charge in [-0.3, -0.25) is 0 Å². The van der Waals surface area contributed by atoms with Gasteiger partial charge in [0.1, 0.15) is 17.7 Å². The van der Waals surface area contributed by atoms with Crippen molar-refractivity contribution in [2.45, 2.75) is 6.10 Å². The topological polar surface area (TPSA) is 47.3 Å². The summed E-state index contributed by atoms with van der Waals surface area (Å²) in [5, 5.41) is 3.28. The molecule has 1 atom stereocenters. The minimum atomic E-state index is -0.243. The molecule has 3 N–H and O–H groups in total. The molecule has 0 fully saturated rings. The molecular weight excluding hydrogens is 231 g/mol. The van der Waals surface area contributed by atoms with E-state index in [1.807, 2.05) is 12.1 Å². The van der Waals surface area contributed by atoms with Crippen molar-refractivity contribution in [3.05, 3.63) is 53.8 Å². The van der Waals surface area contributed by atoms with E-state index in [1.165, 1.54) is 12.1 Å². The smallest absolute Gasteiger partial charge is 0.145 e. The molecule has 0 aliphatic carbocycles. The summed E-state index contributed by atoms with van der Waals surface area (Å²) in [4.78, 5) is 0. The zero-order valence-electron chi connectivity index (χ0n) is 9.69. The zero-order valence-corrected chi connectivity index (χ0v) is 9.69. The number of nitrogens with two attached hydrogens (primary N) is 1. The molecule has 0 saturated carbocycles. The Kier molecular flexibility index (Phi) is 2.55. The van der Waals surface area contributed by atoms with Crippen molar-refractivity contribution in [2.24, 2.45) is 0 Å². The molecule has 1 aliphatic rings. The van der Waals surface area contributed by atoms with Crippen LogP contribution in [0.3, 0.4) is 0 Å². The van der Waals surface area contributed by atoms with Crippen LogP contribution in [0.4, 0.5) is 15.8 Å². The number of rotatable bonds is 1. The highest BCUT2D eigenvalue weighted by Gasteiger charge is 2.20. The number of hydrogen-bond acceptors (Lipinski definition) is 3. The molecule has 0 saturated heterocycles. The Balaban J connectivity index is 1.88. The van der Waals surface area contributed by atoms with E-state index in [0.29, 0.717) is 12.2 Å². The average molecular weight is 244 g/mol. The van der Waals surface area contributed by atoms with Gasteiger partial charge in [-0.1, -0.05) is 12.1 Å². The Labute approximate surface area is 104 Å². The molecule has 0 bridgehead atoms. The van der Waals surface area contributed by atoms with Crippen LogP contribution in [-0.4, -0.2) is 6.54 Å².